The number of carbonyl (C=O) groups excluding carboxylic acids is 1. The summed E-state index contributed by atoms with van der Waals surface area (Å²) in [6.45, 7) is 2.07. The van der Waals surface area contributed by atoms with Gasteiger partial charge in [0.1, 0.15) is 11.6 Å². The van der Waals surface area contributed by atoms with Crippen LogP contribution in [0.2, 0.25) is 0 Å². The Morgan fingerprint density at radius 1 is 1.38 bits per heavy atom. The molecule has 2 heterocycles. The van der Waals surface area contributed by atoms with Gasteiger partial charge in [0, 0.05) is 21.6 Å². The molecule has 0 saturated heterocycles. The molecule has 1 fully saturated rings. The molecule has 0 spiro atoms. The van der Waals surface area contributed by atoms with Gasteiger partial charge in [0.15, 0.2) is 0 Å². The zero-order valence-corrected chi connectivity index (χ0v) is 15.6. The fraction of sp³-hybridized carbons (Fsp3) is 0.300. The van der Waals surface area contributed by atoms with Crippen LogP contribution in [0.5, 0.6) is 0 Å². The van der Waals surface area contributed by atoms with E-state index in [9.17, 15) is 9.18 Å². The van der Waals surface area contributed by atoms with Gasteiger partial charge in [-0.1, -0.05) is 0 Å². The van der Waals surface area contributed by atoms with Crippen molar-refractivity contribution >= 4 is 27.8 Å². The minimum atomic E-state index is -0.950. The number of hydrogen-bond acceptors (Lipinski definition) is 4. The lowest BCUT2D eigenvalue weighted by atomic mass is 10.1. The number of methoxy groups -OCH3 is 1. The Morgan fingerprint density at radius 2 is 2.19 bits per heavy atom. The third-order valence-corrected chi connectivity index (χ3v) is 6.53. The predicted molar refractivity (Wildman–Crippen MR) is 101 cm³/mol. The molecule has 26 heavy (non-hydrogen) atoms. The van der Waals surface area contributed by atoms with Crippen LogP contribution in [0, 0.1) is 5.82 Å². The smallest absolute Gasteiger partial charge is 0.341 e. The first-order chi connectivity index (χ1) is 12.6. The first-order valence-corrected chi connectivity index (χ1v) is 10.1. The number of allylic oxidation sites excluding steroid dienone is 1. The summed E-state index contributed by atoms with van der Waals surface area (Å²) in [5.41, 5.74) is 2.01. The number of hydrogen-bond donors (Lipinski definition) is 1. The normalized spacial score (nSPS) is 20.3. The third-order valence-electron chi connectivity index (χ3n) is 4.55. The highest BCUT2D eigenvalue weighted by molar-refractivity contribution is 8.22. The molecular formula is C20H20FNO3S. The van der Waals surface area contributed by atoms with Crippen molar-refractivity contribution in [1.29, 1.82) is 0 Å². The van der Waals surface area contributed by atoms with Crippen molar-refractivity contribution in [2.45, 2.75) is 30.6 Å². The monoisotopic (exact) mass is 373 g/mol. The summed E-state index contributed by atoms with van der Waals surface area (Å²) in [6, 6.07) is 4.56. The molecule has 2 aliphatic rings. The number of pyridine rings is 1. The predicted octanol–water partition coefficient (Wildman–Crippen LogP) is 4.80. The van der Waals surface area contributed by atoms with Gasteiger partial charge in [-0.15, -0.1) is 0 Å². The van der Waals surface area contributed by atoms with Gasteiger partial charge in [-0.2, -0.15) is 10.9 Å². The van der Waals surface area contributed by atoms with Gasteiger partial charge < -0.3 is 9.47 Å². The van der Waals surface area contributed by atoms with E-state index in [-0.39, 0.29) is 24.3 Å². The van der Waals surface area contributed by atoms with Gasteiger partial charge in [-0.05, 0) is 49.4 Å². The van der Waals surface area contributed by atoms with Crippen LogP contribution in [-0.2, 0) is 9.47 Å². The average molecular weight is 373 g/mol. The Morgan fingerprint density at radius 3 is 2.85 bits per heavy atom. The zero-order valence-electron chi connectivity index (χ0n) is 14.7. The molecule has 1 unspecified atom stereocenters. The summed E-state index contributed by atoms with van der Waals surface area (Å²) in [5.74, 6) is 0.303. The Labute approximate surface area is 154 Å². The molecule has 1 aromatic heterocycles. The maximum Gasteiger partial charge on any atom is 0.341 e. The standard InChI is InChI=1S/C20H20FNO3S/c1-3-25-20(23)17-18(12-4-5-12)22-16-7-6-13(21)10-15(16)19(17)26-9-8-14(11-26)24-2/h6-12,26H,3-5H2,1-2H3. The highest BCUT2D eigenvalue weighted by Gasteiger charge is 2.34. The Kier molecular flexibility index (Phi) is 4.44. The lowest BCUT2D eigenvalue weighted by Gasteiger charge is -2.20. The maximum absolute atomic E-state index is 14.0. The Bertz CT molecular complexity index is 950. The van der Waals surface area contributed by atoms with Gasteiger partial charge in [0.25, 0.3) is 0 Å². The minimum absolute atomic E-state index is 0.273. The second-order valence-electron chi connectivity index (χ2n) is 6.34. The van der Waals surface area contributed by atoms with Crippen LogP contribution in [-0.4, -0.2) is 24.7 Å². The van der Waals surface area contributed by atoms with E-state index < -0.39 is 10.9 Å². The first kappa shape index (κ1) is 17.1. The second kappa shape index (κ2) is 6.76. The largest absolute Gasteiger partial charge is 0.496 e. The maximum atomic E-state index is 14.0. The highest BCUT2D eigenvalue weighted by Crippen LogP contribution is 2.52. The second-order valence-corrected chi connectivity index (χ2v) is 8.15. The van der Waals surface area contributed by atoms with E-state index in [1.54, 1.807) is 20.1 Å². The topological polar surface area (TPSA) is 48.4 Å². The summed E-state index contributed by atoms with van der Waals surface area (Å²) in [5, 5.41) is 4.68. The van der Waals surface area contributed by atoms with Gasteiger partial charge in [0.2, 0.25) is 0 Å². The number of nitrogens with zero attached hydrogens (tertiary/aromatic N) is 1. The van der Waals surface area contributed by atoms with Crippen molar-refractivity contribution in [2.75, 3.05) is 13.7 Å². The molecule has 1 atom stereocenters. The molecule has 1 aromatic carbocycles. The zero-order chi connectivity index (χ0) is 18.3. The molecule has 0 bridgehead atoms. The number of thiol groups is 1. The van der Waals surface area contributed by atoms with Gasteiger partial charge in [-0.3, -0.25) is 4.98 Å². The molecule has 1 aliphatic heterocycles. The fourth-order valence-electron chi connectivity index (χ4n) is 3.20. The Balaban J connectivity index is 2.02. The van der Waals surface area contributed by atoms with E-state index in [0.29, 0.717) is 16.5 Å². The molecule has 6 heteroatoms. The number of fused-ring (bicyclic) bond motifs is 1. The molecule has 0 radical (unpaired) electrons. The summed E-state index contributed by atoms with van der Waals surface area (Å²) in [6.07, 6.45) is 3.92. The number of aromatic nitrogens is 1. The molecule has 0 amide bonds. The summed E-state index contributed by atoms with van der Waals surface area (Å²) in [4.78, 5) is 18.4. The summed E-state index contributed by atoms with van der Waals surface area (Å²) in [7, 11) is 0.663. The van der Waals surface area contributed by atoms with Crippen LogP contribution in [0.3, 0.4) is 0 Å². The van der Waals surface area contributed by atoms with E-state index in [0.717, 1.165) is 29.2 Å². The third kappa shape index (κ3) is 2.98. The van der Waals surface area contributed by atoms with E-state index in [1.165, 1.54) is 12.1 Å². The average Bonchev–Trinajstić information content (AvgIpc) is 3.37. The number of halogens is 1. The van der Waals surface area contributed by atoms with Crippen LogP contribution in [0.4, 0.5) is 4.39 Å². The number of carbonyl (C=O) groups is 1. The van der Waals surface area contributed by atoms with Gasteiger partial charge in [-0.25, -0.2) is 9.18 Å². The first-order valence-electron chi connectivity index (χ1n) is 8.65. The van der Waals surface area contributed by atoms with Crippen molar-refractivity contribution < 1.29 is 18.7 Å². The van der Waals surface area contributed by atoms with Crippen molar-refractivity contribution in [2.24, 2.45) is 0 Å². The van der Waals surface area contributed by atoms with Gasteiger partial charge >= 0.3 is 5.97 Å². The van der Waals surface area contributed by atoms with Crippen molar-refractivity contribution in [3.63, 3.8) is 0 Å². The lowest BCUT2D eigenvalue weighted by molar-refractivity contribution is 0.0520. The minimum Gasteiger partial charge on any atom is -0.496 e. The van der Waals surface area contributed by atoms with E-state index in [1.807, 2.05) is 16.9 Å². The molecular weight excluding hydrogens is 353 g/mol. The molecule has 4 nitrogen and oxygen atoms in total. The molecule has 1 saturated carbocycles. The Hall–Kier alpha value is -2.34. The number of benzene rings is 1. The van der Waals surface area contributed by atoms with Crippen LogP contribution in [0.1, 0.15) is 41.7 Å². The fourth-order valence-corrected chi connectivity index (χ4v) is 5.26. The van der Waals surface area contributed by atoms with E-state index in [4.69, 9.17) is 14.5 Å². The molecule has 4 rings (SSSR count). The number of rotatable bonds is 5. The summed E-state index contributed by atoms with van der Waals surface area (Å²) >= 11 is 0. The van der Waals surface area contributed by atoms with Crippen LogP contribution in [0.15, 0.2) is 45.7 Å². The highest BCUT2D eigenvalue weighted by atomic mass is 32.2. The van der Waals surface area contributed by atoms with Crippen molar-refractivity contribution in [1.82, 2.24) is 4.98 Å². The van der Waals surface area contributed by atoms with Crippen LogP contribution in [0.25, 0.3) is 10.9 Å². The molecule has 136 valence electrons. The van der Waals surface area contributed by atoms with Crippen LogP contribution < -0.4 is 0 Å². The van der Waals surface area contributed by atoms with Gasteiger partial charge in [0.05, 0.1) is 30.5 Å². The SMILES string of the molecule is CCOC(=O)c1c(C2CC2)nc2ccc(F)cc2c1[SH]1C=CC(OC)=C1. The van der Waals surface area contributed by atoms with Crippen molar-refractivity contribution in [3.8, 4) is 0 Å². The number of esters is 1. The number of ether oxygens (including phenoxy) is 2. The molecule has 2 aromatic rings. The molecule has 1 aliphatic carbocycles. The quantitative estimate of drug-likeness (QED) is 0.604. The lowest BCUT2D eigenvalue weighted by Crippen LogP contribution is -2.12. The molecule has 0 N–H and O–H groups in total. The van der Waals surface area contributed by atoms with E-state index in [2.05, 4.69) is 0 Å². The van der Waals surface area contributed by atoms with Crippen LogP contribution >= 0.6 is 10.9 Å². The van der Waals surface area contributed by atoms with E-state index >= 15 is 0 Å². The summed E-state index contributed by atoms with van der Waals surface area (Å²) < 4.78 is 24.7. The van der Waals surface area contributed by atoms with Crippen molar-refractivity contribution in [3.05, 3.63) is 57.9 Å².